The lowest BCUT2D eigenvalue weighted by Gasteiger charge is -2.16. The summed E-state index contributed by atoms with van der Waals surface area (Å²) >= 11 is 0. The van der Waals surface area contributed by atoms with Crippen LogP contribution in [0.1, 0.15) is 46.8 Å². The maximum absolute atomic E-state index is 12.2. The molecule has 0 bridgehead atoms. The molecule has 0 radical (unpaired) electrons. The number of benzene rings is 2. The van der Waals surface area contributed by atoms with Crippen LogP contribution in [-0.4, -0.2) is 30.9 Å². The van der Waals surface area contributed by atoms with Gasteiger partial charge in [-0.15, -0.1) is 0 Å². The van der Waals surface area contributed by atoms with Gasteiger partial charge in [-0.2, -0.15) is 0 Å². The number of ether oxygens (including phenoxy) is 1. The van der Waals surface area contributed by atoms with E-state index < -0.39 is 18.5 Å². The van der Waals surface area contributed by atoms with Gasteiger partial charge in [-0.25, -0.2) is 4.79 Å². The Hall–Kier alpha value is -3.15. The highest BCUT2D eigenvalue weighted by atomic mass is 16.5. The van der Waals surface area contributed by atoms with E-state index in [9.17, 15) is 14.4 Å². The lowest BCUT2D eigenvalue weighted by Crippen LogP contribution is -2.35. The highest BCUT2D eigenvalue weighted by Gasteiger charge is 2.15. The lowest BCUT2D eigenvalue weighted by molar-refractivity contribution is -0.126. The Morgan fingerprint density at radius 1 is 0.966 bits per heavy atom. The zero-order valence-corrected chi connectivity index (χ0v) is 16.6. The molecule has 2 N–H and O–H groups in total. The van der Waals surface area contributed by atoms with Crippen LogP contribution >= 0.6 is 0 Å². The number of hydrogen-bond acceptors (Lipinski definition) is 4. The average molecular weight is 394 g/mol. The van der Waals surface area contributed by atoms with E-state index in [1.165, 1.54) is 17.5 Å². The summed E-state index contributed by atoms with van der Waals surface area (Å²) in [5.74, 6) is -1.38. The number of carbonyl (C=O) groups is 3. The first-order chi connectivity index (χ1) is 14.1. The van der Waals surface area contributed by atoms with E-state index in [-0.39, 0.29) is 12.5 Å². The summed E-state index contributed by atoms with van der Waals surface area (Å²) in [6, 6.07) is 13.1. The molecule has 0 heterocycles. The molecule has 0 aliphatic heterocycles. The predicted molar refractivity (Wildman–Crippen MR) is 111 cm³/mol. The number of carbonyl (C=O) groups excluding carboxylic acids is 3. The standard InChI is InChI=1S/C23H26N2O4/c1-2-16-7-5-6-10-20(16)25-21(26)14-24-22(27)15-29-23(28)19-12-11-17-8-3-4-9-18(17)13-19/h5-7,10-13H,2-4,8-9,14-15H2,1H3,(H,24,27)(H,25,26). The van der Waals surface area contributed by atoms with Crippen molar-refractivity contribution in [2.24, 2.45) is 0 Å². The van der Waals surface area contributed by atoms with E-state index in [0.29, 0.717) is 5.56 Å². The van der Waals surface area contributed by atoms with Crippen LogP contribution in [0.2, 0.25) is 0 Å². The van der Waals surface area contributed by atoms with Crippen LogP contribution < -0.4 is 10.6 Å². The van der Waals surface area contributed by atoms with Gasteiger partial charge in [0.1, 0.15) is 0 Å². The number of aryl methyl sites for hydroxylation is 3. The average Bonchev–Trinajstić information content (AvgIpc) is 2.76. The molecule has 152 valence electrons. The number of amides is 2. The van der Waals surface area contributed by atoms with E-state index in [1.54, 1.807) is 6.07 Å². The van der Waals surface area contributed by atoms with Crippen LogP contribution in [0.3, 0.4) is 0 Å². The smallest absolute Gasteiger partial charge is 0.338 e. The fraction of sp³-hybridized carbons (Fsp3) is 0.348. The molecule has 0 saturated heterocycles. The second-order valence-electron chi connectivity index (χ2n) is 7.10. The Morgan fingerprint density at radius 3 is 2.52 bits per heavy atom. The van der Waals surface area contributed by atoms with E-state index in [0.717, 1.165) is 36.9 Å². The molecule has 2 aromatic rings. The molecule has 2 aromatic carbocycles. The molecular formula is C23H26N2O4. The zero-order valence-electron chi connectivity index (χ0n) is 16.6. The Labute approximate surface area is 170 Å². The van der Waals surface area contributed by atoms with E-state index >= 15 is 0 Å². The van der Waals surface area contributed by atoms with Crippen LogP contribution in [0.5, 0.6) is 0 Å². The summed E-state index contributed by atoms with van der Waals surface area (Å²) in [5, 5.41) is 5.24. The molecule has 1 aliphatic rings. The minimum absolute atomic E-state index is 0.187. The molecule has 1 aliphatic carbocycles. The zero-order chi connectivity index (χ0) is 20.6. The van der Waals surface area contributed by atoms with Gasteiger partial charge in [0.2, 0.25) is 5.91 Å². The van der Waals surface area contributed by atoms with Gasteiger partial charge in [0.25, 0.3) is 5.91 Å². The van der Waals surface area contributed by atoms with Crippen molar-refractivity contribution in [1.29, 1.82) is 0 Å². The second-order valence-corrected chi connectivity index (χ2v) is 7.10. The monoisotopic (exact) mass is 394 g/mol. The fourth-order valence-electron chi connectivity index (χ4n) is 3.45. The Morgan fingerprint density at radius 2 is 1.72 bits per heavy atom. The normalized spacial score (nSPS) is 12.6. The number of para-hydroxylation sites is 1. The molecule has 6 nitrogen and oxygen atoms in total. The number of nitrogens with one attached hydrogen (secondary N) is 2. The SMILES string of the molecule is CCc1ccccc1NC(=O)CNC(=O)COC(=O)c1ccc2c(c1)CCCC2. The minimum atomic E-state index is -0.533. The highest BCUT2D eigenvalue weighted by molar-refractivity contribution is 5.96. The van der Waals surface area contributed by atoms with Gasteiger partial charge < -0.3 is 15.4 Å². The third-order valence-electron chi connectivity index (χ3n) is 5.04. The summed E-state index contributed by atoms with van der Waals surface area (Å²) in [4.78, 5) is 36.2. The Kier molecular flexibility index (Phi) is 7.00. The van der Waals surface area contributed by atoms with Crippen molar-refractivity contribution in [2.45, 2.75) is 39.0 Å². The summed E-state index contributed by atoms with van der Waals surface area (Å²) in [6.07, 6.45) is 5.10. The summed E-state index contributed by atoms with van der Waals surface area (Å²) in [6.45, 7) is 1.39. The van der Waals surface area contributed by atoms with Crippen LogP contribution in [0.15, 0.2) is 42.5 Å². The topological polar surface area (TPSA) is 84.5 Å². The molecule has 0 spiro atoms. The largest absolute Gasteiger partial charge is 0.452 e. The molecule has 6 heteroatoms. The predicted octanol–water partition coefficient (Wildman–Crippen LogP) is 3.04. The fourth-order valence-corrected chi connectivity index (χ4v) is 3.45. The van der Waals surface area contributed by atoms with Crippen LogP contribution in [0.25, 0.3) is 0 Å². The molecular weight excluding hydrogens is 368 g/mol. The molecule has 29 heavy (non-hydrogen) atoms. The third-order valence-corrected chi connectivity index (χ3v) is 5.04. The molecule has 0 fully saturated rings. The number of rotatable bonds is 7. The first-order valence-corrected chi connectivity index (χ1v) is 10.00. The van der Waals surface area contributed by atoms with E-state index in [2.05, 4.69) is 10.6 Å². The molecule has 0 aromatic heterocycles. The highest BCUT2D eigenvalue weighted by Crippen LogP contribution is 2.22. The quantitative estimate of drug-likeness (QED) is 0.707. The van der Waals surface area contributed by atoms with Crippen molar-refractivity contribution in [3.05, 3.63) is 64.7 Å². The lowest BCUT2D eigenvalue weighted by atomic mass is 9.90. The first-order valence-electron chi connectivity index (χ1n) is 10.00. The second kappa shape index (κ2) is 9.87. The maximum Gasteiger partial charge on any atom is 0.338 e. The summed E-state index contributed by atoms with van der Waals surface area (Å²) in [7, 11) is 0. The van der Waals surface area contributed by atoms with Gasteiger partial charge in [-0.05, 0) is 67.0 Å². The number of anilines is 1. The van der Waals surface area contributed by atoms with E-state index in [1.807, 2.05) is 43.3 Å². The molecule has 0 unspecified atom stereocenters. The van der Waals surface area contributed by atoms with Crippen molar-refractivity contribution in [3.63, 3.8) is 0 Å². The van der Waals surface area contributed by atoms with Gasteiger partial charge in [0.15, 0.2) is 6.61 Å². The minimum Gasteiger partial charge on any atom is -0.452 e. The van der Waals surface area contributed by atoms with Crippen LogP contribution in [-0.2, 0) is 33.6 Å². The molecule has 2 amide bonds. The van der Waals surface area contributed by atoms with Crippen molar-refractivity contribution in [1.82, 2.24) is 5.32 Å². The summed E-state index contributed by atoms with van der Waals surface area (Å²) in [5.41, 5.74) is 4.66. The van der Waals surface area contributed by atoms with E-state index in [4.69, 9.17) is 4.74 Å². The Bertz CT molecular complexity index is 908. The molecule has 3 rings (SSSR count). The Balaban J connectivity index is 1.43. The van der Waals surface area contributed by atoms with Crippen molar-refractivity contribution in [2.75, 3.05) is 18.5 Å². The van der Waals surface area contributed by atoms with Crippen molar-refractivity contribution in [3.8, 4) is 0 Å². The van der Waals surface area contributed by atoms with Gasteiger partial charge in [0.05, 0.1) is 12.1 Å². The maximum atomic E-state index is 12.2. The first kappa shape index (κ1) is 20.6. The number of esters is 1. The van der Waals surface area contributed by atoms with Gasteiger partial charge in [-0.1, -0.05) is 31.2 Å². The number of hydrogen-bond donors (Lipinski definition) is 2. The van der Waals surface area contributed by atoms with Gasteiger partial charge >= 0.3 is 5.97 Å². The van der Waals surface area contributed by atoms with Gasteiger partial charge in [-0.3, -0.25) is 9.59 Å². The molecule has 0 saturated carbocycles. The van der Waals surface area contributed by atoms with Crippen molar-refractivity contribution < 1.29 is 19.1 Å². The van der Waals surface area contributed by atoms with Gasteiger partial charge in [0, 0.05) is 5.69 Å². The number of fused-ring (bicyclic) bond motifs is 1. The third kappa shape index (κ3) is 5.67. The van der Waals surface area contributed by atoms with Crippen LogP contribution in [0.4, 0.5) is 5.69 Å². The van der Waals surface area contributed by atoms with Crippen molar-refractivity contribution >= 4 is 23.5 Å². The van der Waals surface area contributed by atoms with Crippen LogP contribution in [0, 0.1) is 0 Å². The molecule has 0 atom stereocenters. The summed E-state index contributed by atoms with van der Waals surface area (Å²) < 4.78 is 5.09.